The lowest BCUT2D eigenvalue weighted by Crippen LogP contribution is -2.19. The number of hydrogen-bond acceptors (Lipinski definition) is 6. The standard InChI is InChI=1S/C27H26ClN5O2S2/c1-2-33-24(17-9-8-10-18(28)15-17)31-32-27(33)36-16-22(34)30-26-23(20-13-6-7-14-21(20)37-26)25(35)29-19-11-4-3-5-12-19/h3-5,8-12,15H,2,6-7,13-14,16H2,1H3,(H,29,35)(H,30,34). The van der Waals surface area contributed by atoms with Gasteiger partial charge in [-0.1, -0.05) is 53.7 Å². The number of hydrogen-bond donors (Lipinski definition) is 2. The van der Waals surface area contributed by atoms with Crippen molar-refractivity contribution in [2.24, 2.45) is 0 Å². The fourth-order valence-corrected chi connectivity index (χ4v) is 6.72. The number of benzene rings is 2. The number of aryl methyl sites for hydroxylation is 1. The van der Waals surface area contributed by atoms with Crippen molar-refractivity contribution in [2.75, 3.05) is 16.4 Å². The van der Waals surface area contributed by atoms with Crippen LogP contribution < -0.4 is 10.6 Å². The van der Waals surface area contributed by atoms with Crippen LogP contribution in [-0.2, 0) is 24.2 Å². The summed E-state index contributed by atoms with van der Waals surface area (Å²) in [6.45, 7) is 2.66. The average molecular weight is 552 g/mol. The third kappa shape index (κ3) is 5.74. The van der Waals surface area contributed by atoms with E-state index < -0.39 is 0 Å². The van der Waals surface area contributed by atoms with Crippen LogP contribution in [0.1, 0.15) is 40.6 Å². The lowest BCUT2D eigenvalue weighted by Gasteiger charge is -2.13. The highest BCUT2D eigenvalue weighted by atomic mass is 35.5. The van der Waals surface area contributed by atoms with Gasteiger partial charge in [0.05, 0.1) is 11.3 Å². The van der Waals surface area contributed by atoms with Gasteiger partial charge in [-0.05, 0) is 62.4 Å². The predicted octanol–water partition coefficient (Wildman–Crippen LogP) is 6.54. The molecule has 0 radical (unpaired) electrons. The normalized spacial score (nSPS) is 12.7. The Morgan fingerprint density at radius 3 is 2.65 bits per heavy atom. The Kier molecular flexibility index (Phi) is 7.93. The van der Waals surface area contributed by atoms with Gasteiger partial charge >= 0.3 is 0 Å². The van der Waals surface area contributed by atoms with E-state index in [1.807, 2.05) is 66.1 Å². The van der Waals surface area contributed by atoms with Crippen LogP contribution in [0.4, 0.5) is 10.7 Å². The van der Waals surface area contributed by atoms with E-state index >= 15 is 0 Å². The molecule has 7 nitrogen and oxygen atoms in total. The Bertz CT molecular complexity index is 1430. The van der Waals surface area contributed by atoms with Crippen molar-refractivity contribution >= 4 is 57.2 Å². The quantitative estimate of drug-likeness (QED) is 0.243. The number of carbonyl (C=O) groups excluding carboxylic acids is 2. The molecule has 2 amide bonds. The molecule has 2 N–H and O–H groups in total. The van der Waals surface area contributed by atoms with Crippen molar-refractivity contribution in [1.29, 1.82) is 0 Å². The van der Waals surface area contributed by atoms with E-state index in [-0.39, 0.29) is 17.6 Å². The van der Waals surface area contributed by atoms with Gasteiger partial charge in [0.15, 0.2) is 11.0 Å². The van der Waals surface area contributed by atoms with E-state index in [0.29, 0.717) is 33.1 Å². The molecule has 1 aliphatic carbocycles. The first-order valence-electron chi connectivity index (χ1n) is 12.2. The first kappa shape index (κ1) is 25.5. The van der Waals surface area contributed by atoms with E-state index in [4.69, 9.17) is 11.6 Å². The summed E-state index contributed by atoms with van der Waals surface area (Å²) in [5, 5.41) is 16.5. The second-order valence-electron chi connectivity index (χ2n) is 8.63. The number of carbonyl (C=O) groups is 2. The highest BCUT2D eigenvalue weighted by Gasteiger charge is 2.26. The third-order valence-corrected chi connectivity index (χ3v) is 8.54. The second-order valence-corrected chi connectivity index (χ2v) is 11.1. The fourth-order valence-electron chi connectivity index (χ4n) is 4.42. The summed E-state index contributed by atoms with van der Waals surface area (Å²) < 4.78 is 1.96. The molecule has 2 heterocycles. The molecule has 0 fully saturated rings. The number of para-hydroxylation sites is 1. The molecular weight excluding hydrogens is 526 g/mol. The highest BCUT2D eigenvalue weighted by Crippen LogP contribution is 2.39. The number of anilines is 2. The molecule has 0 unspecified atom stereocenters. The zero-order valence-electron chi connectivity index (χ0n) is 20.3. The Labute approximate surface area is 228 Å². The largest absolute Gasteiger partial charge is 0.322 e. The van der Waals surface area contributed by atoms with Gasteiger partial charge in [-0.25, -0.2) is 0 Å². The topological polar surface area (TPSA) is 88.9 Å². The Hall–Kier alpha value is -3.14. The van der Waals surface area contributed by atoms with Gasteiger partial charge in [0.1, 0.15) is 5.00 Å². The van der Waals surface area contributed by atoms with Crippen LogP contribution in [0.3, 0.4) is 0 Å². The lowest BCUT2D eigenvalue weighted by atomic mass is 9.95. The molecule has 10 heteroatoms. The first-order valence-corrected chi connectivity index (χ1v) is 14.3. The monoisotopic (exact) mass is 551 g/mol. The Morgan fingerprint density at radius 2 is 1.86 bits per heavy atom. The summed E-state index contributed by atoms with van der Waals surface area (Å²) in [6.07, 6.45) is 3.92. The number of halogens is 1. The van der Waals surface area contributed by atoms with Crippen LogP contribution in [0.2, 0.25) is 5.02 Å². The molecule has 0 saturated heterocycles. The molecule has 2 aromatic carbocycles. The first-order chi connectivity index (χ1) is 18.0. The van der Waals surface area contributed by atoms with E-state index in [1.165, 1.54) is 28.0 Å². The molecule has 0 spiro atoms. The molecule has 37 heavy (non-hydrogen) atoms. The average Bonchev–Trinajstić information content (AvgIpc) is 3.48. The molecule has 0 aliphatic heterocycles. The number of fused-ring (bicyclic) bond motifs is 1. The van der Waals surface area contributed by atoms with Crippen molar-refractivity contribution < 1.29 is 9.59 Å². The maximum atomic E-state index is 13.3. The van der Waals surface area contributed by atoms with Gasteiger partial charge in [-0.2, -0.15) is 0 Å². The van der Waals surface area contributed by atoms with Crippen LogP contribution in [0.15, 0.2) is 59.8 Å². The molecule has 2 aromatic heterocycles. The molecule has 190 valence electrons. The lowest BCUT2D eigenvalue weighted by molar-refractivity contribution is -0.113. The van der Waals surface area contributed by atoms with Crippen LogP contribution in [0.25, 0.3) is 11.4 Å². The predicted molar refractivity (Wildman–Crippen MR) is 151 cm³/mol. The summed E-state index contributed by atoms with van der Waals surface area (Å²) in [7, 11) is 0. The van der Waals surface area contributed by atoms with E-state index in [2.05, 4.69) is 20.8 Å². The molecule has 0 bridgehead atoms. The van der Waals surface area contributed by atoms with E-state index in [0.717, 1.165) is 42.5 Å². The number of thioether (sulfide) groups is 1. The van der Waals surface area contributed by atoms with E-state index in [9.17, 15) is 9.59 Å². The van der Waals surface area contributed by atoms with Gasteiger partial charge in [0.2, 0.25) is 5.91 Å². The summed E-state index contributed by atoms with van der Waals surface area (Å²) in [5.74, 6) is 0.479. The summed E-state index contributed by atoms with van der Waals surface area (Å²) in [6, 6.07) is 16.8. The second kappa shape index (κ2) is 11.5. The minimum atomic E-state index is -0.189. The van der Waals surface area contributed by atoms with Crippen LogP contribution in [0, 0.1) is 0 Å². The zero-order valence-corrected chi connectivity index (χ0v) is 22.7. The van der Waals surface area contributed by atoms with E-state index in [1.54, 1.807) is 0 Å². The van der Waals surface area contributed by atoms with Crippen molar-refractivity contribution in [3.8, 4) is 11.4 Å². The molecule has 0 atom stereocenters. The number of nitrogens with zero attached hydrogens (tertiary/aromatic N) is 3. The van der Waals surface area contributed by atoms with Crippen molar-refractivity contribution in [3.05, 3.63) is 75.6 Å². The number of aromatic nitrogens is 3. The third-order valence-electron chi connectivity index (χ3n) is 6.13. The van der Waals surface area contributed by atoms with Crippen LogP contribution in [-0.4, -0.2) is 32.3 Å². The van der Waals surface area contributed by atoms with Crippen molar-refractivity contribution in [3.63, 3.8) is 0 Å². The Balaban J connectivity index is 1.32. The molecule has 4 aromatic rings. The fraction of sp³-hybridized carbons (Fsp3) is 0.259. The minimum absolute atomic E-state index is 0.149. The number of thiophene rings is 1. The molecule has 0 saturated carbocycles. The molecular formula is C27H26ClN5O2S2. The minimum Gasteiger partial charge on any atom is -0.322 e. The van der Waals surface area contributed by atoms with Gasteiger partial charge in [-0.15, -0.1) is 21.5 Å². The zero-order chi connectivity index (χ0) is 25.8. The number of nitrogens with one attached hydrogen (secondary N) is 2. The highest BCUT2D eigenvalue weighted by molar-refractivity contribution is 7.99. The number of rotatable bonds is 8. The summed E-state index contributed by atoms with van der Waals surface area (Å²) >= 11 is 8.98. The van der Waals surface area contributed by atoms with Gasteiger partial charge in [0.25, 0.3) is 5.91 Å². The van der Waals surface area contributed by atoms with Gasteiger partial charge in [0, 0.05) is 27.7 Å². The molecule has 1 aliphatic rings. The van der Waals surface area contributed by atoms with Crippen molar-refractivity contribution in [1.82, 2.24) is 14.8 Å². The summed E-state index contributed by atoms with van der Waals surface area (Å²) in [5.41, 5.74) is 3.24. The van der Waals surface area contributed by atoms with Crippen LogP contribution in [0.5, 0.6) is 0 Å². The maximum absolute atomic E-state index is 13.3. The smallest absolute Gasteiger partial charge is 0.258 e. The van der Waals surface area contributed by atoms with Crippen LogP contribution >= 0.6 is 34.7 Å². The van der Waals surface area contributed by atoms with Gasteiger partial charge in [-0.3, -0.25) is 9.59 Å². The maximum Gasteiger partial charge on any atom is 0.258 e. The summed E-state index contributed by atoms with van der Waals surface area (Å²) in [4.78, 5) is 27.5. The van der Waals surface area contributed by atoms with Gasteiger partial charge < -0.3 is 15.2 Å². The van der Waals surface area contributed by atoms with Crippen molar-refractivity contribution in [2.45, 2.75) is 44.3 Å². The molecule has 5 rings (SSSR count). The SMILES string of the molecule is CCn1c(SCC(=O)Nc2sc3c(c2C(=O)Nc2ccccc2)CCCC3)nnc1-c1cccc(Cl)c1. The number of amides is 2. The Morgan fingerprint density at radius 1 is 1.05 bits per heavy atom.